The Labute approximate surface area is 114 Å². The summed E-state index contributed by atoms with van der Waals surface area (Å²) in [6.45, 7) is 5.04. The molecule has 1 aliphatic heterocycles. The lowest BCUT2D eigenvalue weighted by atomic mass is 10.1. The molecule has 1 atom stereocenters. The summed E-state index contributed by atoms with van der Waals surface area (Å²) < 4.78 is 4.63. The van der Waals surface area contributed by atoms with Crippen molar-refractivity contribution in [3.8, 4) is 0 Å². The van der Waals surface area contributed by atoms with Gasteiger partial charge in [-0.2, -0.15) is 0 Å². The van der Waals surface area contributed by atoms with E-state index in [0.717, 1.165) is 19.3 Å². The number of carbonyl (C=O) groups excluding carboxylic acids is 2. The van der Waals surface area contributed by atoms with Crippen molar-refractivity contribution in [3.05, 3.63) is 0 Å². The molecule has 1 rings (SSSR count). The van der Waals surface area contributed by atoms with Crippen molar-refractivity contribution in [2.75, 3.05) is 39.8 Å². The molecule has 0 aliphatic carbocycles. The molecule has 0 aromatic rings. The van der Waals surface area contributed by atoms with Crippen LogP contribution < -0.4 is 5.73 Å². The molecule has 1 amide bonds. The molecular formula is C13H25N3O3. The van der Waals surface area contributed by atoms with Crippen LogP contribution in [0.4, 0.5) is 0 Å². The van der Waals surface area contributed by atoms with E-state index >= 15 is 0 Å². The highest BCUT2D eigenvalue weighted by Crippen LogP contribution is 2.07. The fourth-order valence-corrected chi connectivity index (χ4v) is 2.16. The largest absolute Gasteiger partial charge is 0.468 e. The Morgan fingerprint density at radius 3 is 2.42 bits per heavy atom. The summed E-state index contributed by atoms with van der Waals surface area (Å²) in [6.07, 6.45) is 2.78. The molecule has 0 aromatic heterocycles. The van der Waals surface area contributed by atoms with E-state index in [9.17, 15) is 9.59 Å². The zero-order valence-electron chi connectivity index (χ0n) is 11.9. The second-order valence-corrected chi connectivity index (χ2v) is 4.93. The molecule has 1 fully saturated rings. The van der Waals surface area contributed by atoms with Crippen LogP contribution in [0, 0.1) is 0 Å². The lowest BCUT2D eigenvalue weighted by Crippen LogP contribution is -2.53. The molecule has 1 aliphatic rings. The summed E-state index contributed by atoms with van der Waals surface area (Å²) in [5.74, 6) is -0.203. The Balaban J connectivity index is 2.32. The molecule has 0 radical (unpaired) electrons. The first kappa shape index (κ1) is 15.9. The highest BCUT2D eigenvalue weighted by Gasteiger charge is 2.25. The average molecular weight is 271 g/mol. The predicted molar refractivity (Wildman–Crippen MR) is 72.5 cm³/mol. The number of hydrogen-bond acceptors (Lipinski definition) is 5. The molecule has 1 heterocycles. The van der Waals surface area contributed by atoms with E-state index in [1.165, 1.54) is 7.11 Å². The topological polar surface area (TPSA) is 75.9 Å². The number of piperazine rings is 1. The third-order valence-corrected chi connectivity index (χ3v) is 3.45. The van der Waals surface area contributed by atoms with Crippen molar-refractivity contribution in [3.63, 3.8) is 0 Å². The van der Waals surface area contributed by atoms with Crippen LogP contribution in [0.25, 0.3) is 0 Å². The van der Waals surface area contributed by atoms with Gasteiger partial charge in [0.1, 0.15) is 0 Å². The van der Waals surface area contributed by atoms with Gasteiger partial charge in [-0.1, -0.05) is 19.8 Å². The van der Waals surface area contributed by atoms with Gasteiger partial charge in [0.05, 0.1) is 19.7 Å². The lowest BCUT2D eigenvalue weighted by Gasteiger charge is -2.35. The van der Waals surface area contributed by atoms with Gasteiger partial charge in [-0.25, -0.2) is 0 Å². The molecule has 1 unspecified atom stereocenters. The lowest BCUT2D eigenvalue weighted by molar-refractivity contribution is -0.142. The number of ether oxygens (including phenoxy) is 1. The standard InChI is InChI=1S/C13H25N3O3/c1-3-4-5-11(14)13(18)16-8-6-15(7-9-16)10-12(17)19-2/h11H,3-10,14H2,1-2H3. The smallest absolute Gasteiger partial charge is 0.319 e. The maximum atomic E-state index is 12.1. The van der Waals surface area contributed by atoms with Gasteiger partial charge in [0.2, 0.25) is 5.91 Å². The zero-order chi connectivity index (χ0) is 14.3. The van der Waals surface area contributed by atoms with Crippen LogP contribution >= 0.6 is 0 Å². The van der Waals surface area contributed by atoms with Gasteiger partial charge in [-0.3, -0.25) is 14.5 Å². The minimum absolute atomic E-state index is 0.0335. The summed E-state index contributed by atoms with van der Waals surface area (Å²) in [4.78, 5) is 27.0. The van der Waals surface area contributed by atoms with E-state index in [2.05, 4.69) is 11.7 Å². The minimum atomic E-state index is -0.382. The number of nitrogens with zero attached hydrogens (tertiary/aromatic N) is 2. The molecule has 0 aromatic carbocycles. The summed E-state index contributed by atoms with van der Waals surface area (Å²) in [6, 6.07) is -0.382. The first-order valence-corrected chi connectivity index (χ1v) is 6.92. The summed E-state index contributed by atoms with van der Waals surface area (Å²) in [7, 11) is 1.38. The van der Waals surface area contributed by atoms with Crippen LogP contribution in [0.15, 0.2) is 0 Å². The van der Waals surface area contributed by atoms with Crippen LogP contribution in [0.1, 0.15) is 26.2 Å². The van der Waals surface area contributed by atoms with Gasteiger partial charge in [-0.15, -0.1) is 0 Å². The summed E-state index contributed by atoms with van der Waals surface area (Å²) in [5.41, 5.74) is 5.89. The van der Waals surface area contributed by atoms with Crippen molar-refractivity contribution in [2.24, 2.45) is 5.73 Å². The van der Waals surface area contributed by atoms with Crippen molar-refractivity contribution < 1.29 is 14.3 Å². The number of esters is 1. The molecular weight excluding hydrogens is 246 g/mol. The average Bonchev–Trinajstić information content (AvgIpc) is 2.44. The number of unbranched alkanes of at least 4 members (excludes halogenated alkanes) is 1. The second-order valence-electron chi connectivity index (χ2n) is 4.93. The normalized spacial score (nSPS) is 18.2. The Bertz CT molecular complexity index is 302. The first-order chi connectivity index (χ1) is 9.08. The van der Waals surface area contributed by atoms with Crippen LogP contribution in [-0.2, 0) is 14.3 Å². The maximum absolute atomic E-state index is 12.1. The zero-order valence-corrected chi connectivity index (χ0v) is 11.9. The van der Waals surface area contributed by atoms with E-state index in [1.54, 1.807) is 4.90 Å². The third-order valence-electron chi connectivity index (χ3n) is 3.45. The van der Waals surface area contributed by atoms with E-state index in [4.69, 9.17) is 5.73 Å². The number of amides is 1. The molecule has 110 valence electrons. The molecule has 0 saturated carbocycles. The van der Waals surface area contributed by atoms with Gasteiger partial charge in [0.25, 0.3) is 0 Å². The monoisotopic (exact) mass is 271 g/mol. The van der Waals surface area contributed by atoms with Crippen LogP contribution in [0.5, 0.6) is 0 Å². The van der Waals surface area contributed by atoms with Gasteiger partial charge < -0.3 is 15.4 Å². The Kier molecular flexibility index (Phi) is 6.80. The van der Waals surface area contributed by atoms with Crippen LogP contribution in [0.3, 0.4) is 0 Å². The van der Waals surface area contributed by atoms with Crippen molar-refractivity contribution >= 4 is 11.9 Å². The van der Waals surface area contributed by atoms with E-state index < -0.39 is 0 Å². The molecule has 0 spiro atoms. The maximum Gasteiger partial charge on any atom is 0.319 e. The number of nitrogens with two attached hydrogens (primary N) is 1. The van der Waals surface area contributed by atoms with Crippen molar-refractivity contribution in [2.45, 2.75) is 32.2 Å². The number of hydrogen-bond donors (Lipinski definition) is 1. The summed E-state index contributed by atoms with van der Waals surface area (Å²) >= 11 is 0. The number of rotatable bonds is 6. The molecule has 6 nitrogen and oxygen atoms in total. The quantitative estimate of drug-likeness (QED) is 0.678. The van der Waals surface area contributed by atoms with Gasteiger partial charge in [0.15, 0.2) is 0 Å². The first-order valence-electron chi connectivity index (χ1n) is 6.92. The number of carbonyl (C=O) groups is 2. The molecule has 19 heavy (non-hydrogen) atoms. The fraction of sp³-hybridized carbons (Fsp3) is 0.846. The minimum Gasteiger partial charge on any atom is -0.468 e. The van der Waals surface area contributed by atoms with E-state index in [-0.39, 0.29) is 17.9 Å². The molecule has 1 saturated heterocycles. The third kappa shape index (κ3) is 5.16. The van der Waals surface area contributed by atoms with E-state index in [1.807, 2.05) is 4.90 Å². The molecule has 2 N–H and O–H groups in total. The van der Waals surface area contributed by atoms with Crippen LogP contribution in [-0.4, -0.2) is 67.6 Å². The molecule has 6 heteroatoms. The van der Waals surface area contributed by atoms with Crippen LogP contribution in [0.2, 0.25) is 0 Å². The Morgan fingerprint density at radius 1 is 1.26 bits per heavy atom. The highest BCUT2D eigenvalue weighted by atomic mass is 16.5. The highest BCUT2D eigenvalue weighted by molar-refractivity contribution is 5.81. The van der Waals surface area contributed by atoms with Gasteiger partial charge >= 0.3 is 5.97 Å². The fourth-order valence-electron chi connectivity index (χ4n) is 2.16. The van der Waals surface area contributed by atoms with Crippen molar-refractivity contribution in [1.29, 1.82) is 0 Å². The summed E-state index contributed by atoms with van der Waals surface area (Å²) in [5, 5.41) is 0. The van der Waals surface area contributed by atoms with Crippen molar-refractivity contribution in [1.82, 2.24) is 9.80 Å². The second kappa shape index (κ2) is 8.12. The van der Waals surface area contributed by atoms with Gasteiger partial charge in [0, 0.05) is 26.2 Å². The Morgan fingerprint density at radius 2 is 1.89 bits per heavy atom. The van der Waals surface area contributed by atoms with E-state index in [0.29, 0.717) is 32.7 Å². The Hall–Kier alpha value is -1.14. The van der Waals surface area contributed by atoms with Gasteiger partial charge in [-0.05, 0) is 6.42 Å². The molecule has 0 bridgehead atoms. The predicted octanol–water partition coefficient (Wildman–Crippen LogP) is -0.179. The number of methoxy groups -OCH3 is 1. The SMILES string of the molecule is CCCCC(N)C(=O)N1CCN(CC(=O)OC)CC1.